The van der Waals surface area contributed by atoms with Crippen molar-refractivity contribution in [1.29, 1.82) is 0 Å². The van der Waals surface area contributed by atoms with Gasteiger partial charge in [0.15, 0.2) is 0 Å². The third-order valence-corrected chi connectivity index (χ3v) is 5.97. The van der Waals surface area contributed by atoms with Crippen LogP contribution in [0.2, 0.25) is 0 Å². The van der Waals surface area contributed by atoms with Crippen molar-refractivity contribution in [3.8, 4) is 0 Å². The van der Waals surface area contributed by atoms with Crippen LogP contribution in [0.4, 0.5) is 5.69 Å². The van der Waals surface area contributed by atoms with Crippen molar-refractivity contribution >= 4 is 15.7 Å². The Morgan fingerprint density at radius 2 is 1.95 bits per heavy atom. The zero-order chi connectivity index (χ0) is 16.2. The maximum atomic E-state index is 13.0. The van der Waals surface area contributed by atoms with Gasteiger partial charge in [0.2, 0.25) is 10.0 Å². The molecule has 1 unspecified atom stereocenters. The van der Waals surface area contributed by atoms with Gasteiger partial charge in [0.1, 0.15) is 0 Å². The van der Waals surface area contributed by atoms with E-state index in [9.17, 15) is 8.42 Å². The lowest BCUT2D eigenvalue weighted by molar-refractivity contribution is 0.167. The Balaban J connectivity index is 3.35. The molecule has 0 aliphatic carbocycles. The zero-order valence-electron chi connectivity index (χ0n) is 13.5. The summed E-state index contributed by atoms with van der Waals surface area (Å²) in [5, 5.41) is 0. The third-order valence-electron chi connectivity index (χ3n) is 3.83. The molecule has 0 bridgehead atoms. The standard InChI is InChI=1S/C15H26N2O3S/c1-6-12(3)17(7-8-20-5)21(18,19)15-10-14(16)9-11(2)13(15)4/h9-10,12H,6-8,16H2,1-5H3. The first-order valence-corrected chi connectivity index (χ1v) is 8.57. The Morgan fingerprint density at radius 1 is 1.33 bits per heavy atom. The predicted molar refractivity (Wildman–Crippen MR) is 85.8 cm³/mol. The SMILES string of the molecule is CCC(C)N(CCOC)S(=O)(=O)c1cc(N)cc(C)c1C. The summed E-state index contributed by atoms with van der Waals surface area (Å²) < 4.78 is 32.5. The quantitative estimate of drug-likeness (QED) is 0.784. The number of nitrogens with zero attached hydrogens (tertiary/aromatic N) is 1. The van der Waals surface area contributed by atoms with Gasteiger partial charge in [0.05, 0.1) is 11.5 Å². The molecule has 0 saturated heterocycles. The van der Waals surface area contributed by atoms with E-state index < -0.39 is 10.0 Å². The van der Waals surface area contributed by atoms with Crippen molar-refractivity contribution in [2.24, 2.45) is 0 Å². The van der Waals surface area contributed by atoms with Crippen LogP contribution in [0.1, 0.15) is 31.4 Å². The van der Waals surface area contributed by atoms with Crippen molar-refractivity contribution < 1.29 is 13.2 Å². The van der Waals surface area contributed by atoms with E-state index in [0.29, 0.717) is 18.8 Å². The molecular formula is C15H26N2O3S. The second kappa shape index (κ2) is 7.24. The van der Waals surface area contributed by atoms with Gasteiger partial charge < -0.3 is 10.5 Å². The highest BCUT2D eigenvalue weighted by Crippen LogP contribution is 2.27. The summed E-state index contributed by atoms with van der Waals surface area (Å²) >= 11 is 0. The summed E-state index contributed by atoms with van der Waals surface area (Å²) in [5.41, 5.74) is 7.92. The molecule has 1 aromatic carbocycles. The minimum Gasteiger partial charge on any atom is -0.399 e. The van der Waals surface area contributed by atoms with E-state index in [1.165, 1.54) is 4.31 Å². The Hall–Kier alpha value is -1.11. The van der Waals surface area contributed by atoms with Crippen LogP contribution in [-0.4, -0.2) is 39.0 Å². The van der Waals surface area contributed by atoms with Crippen LogP contribution in [0, 0.1) is 13.8 Å². The molecule has 0 spiro atoms. The first kappa shape index (κ1) is 17.9. The van der Waals surface area contributed by atoms with Gasteiger partial charge in [-0.1, -0.05) is 6.92 Å². The average Bonchev–Trinajstić information content (AvgIpc) is 2.42. The fraction of sp³-hybridized carbons (Fsp3) is 0.600. The lowest BCUT2D eigenvalue weighted by Gasteiger charge is -2.28. The Labute approximate surface area is 128 Å². The van der Waals surface area contributed by atoms with Gasteiger partial charge in [0, 0.05) is 25.4 Å². The van der Waals surface area contributed by atoms with Gasteiger partial charge in [-0.3, -0.25) is 0 Å². The fourth-order valence-corrected chi connectivity index (χ4v) is 4.23. The van der Waals surface area contributed by atoms with Crippen LogP contribution in [-0.2, 0) is 14.8 Å². The van der Waals surface area contributed by atoms with Gasteiger partial charge in [-0.15, -0.1) is 0 Å². The van der Waals surface area contributed by atoms with Crippen LogP contribution in [0.3, 0.4) is 0 Å². The molecule has 0 fully saturated rings. The number of benzene rings is 1. The second-order valence-corrected chi connectivity index (χ2v) is 7.19. The minimum atomic E-state index is -3.59. The highest BCUT2D eigenvalue weighted by Gasteiger charge is 2.29. The fourth-order valence-electron chi connectivity index (χ4n) is 2.21. The molecule has 0 aliphatic rings. The largest absolute Gasteiger partial charge is 0.399 e. The van der Waals surface area contributed by atoms with Crippen molar-refractivity contribution in [1.82, 2.24) is 4.31 Å². The van der Waals surface area contributed by atoms with E-state index in [1.807, 2.05) is 27.7 Å². The molecule has 0 heterocycles. The molecular weight excluding hydrogens is 288 g/mol. The monoisotopic (exact) mass is 314 g/mol. The summed E-state index contributed by atoms with van der Waals surface area (Å²) in [6, 6.07) is 3.24. The first-order chi connectivity index (χ1) is 9.75. The summed E-state index contributed by atoms with van der Waals surface area (Å²) in [6.45, 7) is 8.25. The van der Waals surface area contributed by atoms with Crippen molar-refractivity contribution in [2.75, 3.05) is 26.0 Å². The smallest absolute Gasteiger partial charge is 0.243 e. The Morgan fingerprint density at radius 3 is 2.48 bits per heavy atom. The molecule has 0 aromatic heterocycles. The van der Waals surface area contributed by atoms with Crippen molar-refractivity contribution in [2.45, 2.75) is 45.1 Å². The normalized spacial score (nSPS) is 13.6. The highest BCUT2D eigenvalue weighted by molar-refractivity contribution is 7.89. The molecule has 5 nitrogen and oxygen atoms in total. The number of ether oxygens (including phenoxy) is 1. The first-order valence-electron chi connectivity index (χ1n) is 7.13. The number of methoxy groups -OCH3 is 1. The Kier molecular flexibility index (Phi) is 6.19. The second-order valence-electron chi connectivity index (χ2n) is 5.33. The number of nitrogens with two attached hydrogens (primary N) is 1. The van der Waals surface area contributed by atoms with Gasteiger partial charge >= 0.3 is 0 Å². The number of rotatable bonds is 7. The average molecular weight is 314 g/mol. The molecule has 1 rings (SSSR count). The molecule has 2 N–H and O–H groups in total. The topological polar surface area (TPSA) is 72.6 Å². The number of hydrogen-bond acceptors (Lipinski definition) is 4. The minimum absolute atomic E-state index is 0.0914. The third kappa shape index (κ3) is 3.96. The van der Waals surface area contributed by atoms with Gasteiger partial charge in [-0.2, -0.15) is 4.31 Å². The maximum Gasteiger partial charge on any atom is 0.243 e. The summed E-state index contributed by atoms with van der Waals surface area (Å²) in [5.74, 6) is 0. The van der Waals surface area contributed by atoms with E-state index in [2.05, 4.69) is 0 Å². The van der Waals surface area contributed by atoms with Crippen LogP contribution in [0.15, 0.2) is 17.0 Å². The number of anilines is 1. The van der Waals surface area contributed by atoms with Crippen LogP contribution in [0.25, 0.3) is 0 Å². The van der Waals surface area contributed by atoms with E-state index in [-0.39, 0.29) is 10.9 Å². The lowest BCUT2D eigenvalue weighted by Crippen LogP contribution is -2.40. The van der Waals surface area contributed by atoms with E-state index in [0.717, 1.165) is 17.5 Å². The zero-order valence-corrected chi connectivity index (χ0v) is 14.3. The Bertz CT molecular complexity index is 585. The van der Waals surface area contributed by atoms with E-state index >= 15 is 0 Å². The van der Waals surface area contributed by atoms with Gasteiger partial charge in [0.25, 0.3) is 0 Å². The number of nitrogen functional groups attached to an aromatic ring is 1. The maximum absolute atomic E-state index is 13.0. The molecule has 21 heavy (non-hydrogen) atoms. The molecule has 6 heteroatoms. The highest BCUT2D eigenvalue weighted by atomic mass is 32.2. The molecule has 0 aliphatic heterocycles. The summed E-state index contributed by atoms with van der Waals surface area (Å²) in [4.78, 5) is 0.288. The van der Waals surface area contributed by atoms with Crippen LogP contribution < -0.4 is 5.73 Å². The van der Waals surface area contributed by atoms with Crippen molar-refractivity contribution in [3.05, 3.63) is 23.3 Å². The van der Waals surface area contributed by atoms with Crippen LogP contribution >= 0.6 is 0 Å². The van der Waals surface area contributed by atoms with Crippen molar-refractivity contribution in [3.63, 3.8) is 0 Å². The lowest BCUT2D eigenvalue weighted by atomic mass is 10.1. The number of aryl methyl sites for hydroxylation is 1. The molecule has 0 saturated carbocycles. The summed E-state index contributed by atoms with van der Waals surface area (Å²) in [7, 11) is -2.02. The van der Waals surface area contributed by atoms with E-state index in [4.69, 9.17) is 10.5 Å². The number of sulfonamides is 1. The van der Waals surface area contributed by atoms with Gasteiger partial charge in [-0.05, 0) is 50.5 Å². The molecule has 0 amide bonds. The van der Waals surface area contributed by atoms with E-state index in [1.54, 1.807) is 19.2 Å². The molecule has 1 aromatic rings. The molecule has 1 atom stereocenters. The molecule has 120 valence electrons. The molecule has 0 radical (unpaired) electrons. The number of hydrogen-bond donors (Lipinski definition) is 1. The predicted octanol–water partition coefficient (Wildman–Crippen LogP) is 2.32. The van der Waals surface area contributed by atoms with Gasteiger partial charge in [-0.25, -0.2) is 8.42 Å². The summed E-state index contributed by atoms with van der Waals surface area (Å²) in [6.07, 6.45) is 0.739. The van der Waals surface area contributed by atoms with Crippen LogP contribution in [0.5, 0.6) is 0 Å².